The second-order valence-electron chi connectivity index (χ2n) is 6.07. The Labute approximate surface area is 159 Å². The van der Waals surface area contributed by atoms with Gasteiger partial charge in [-0.25, -0.2) is 0 Å². The fraction of sp³-hybridized carbons (Fsp3) is 0.0455. The van der Waals surface area contributed by atoms with Gasteiger partial charge in [0.2, 0.25) is 5.75 Å². The molecular weight excluding hydrogens is 360 g/mol. The molecule has 1 heterocycles. The van der Waals surface area contributed by atoms with E-state index in [4.69, 9.17) is 13.9 Å². The summed E-state index contributed by atoms with van der Waals surface area (Å²) >= 11 is 0. The second-order valence-corrected chi connectivity index (χ2v) is 6.07. The highest BCUT2D eigenvalue weighted by Crippen LogP contribution is 2.41. The van der Waals surface area contributed by atoms with Crippen LogP contribution >= 0.6 is 0 Å². The Kier molecular flexibility index (Phi) is 4.37. The van der Waals surface area contributed by atoms with E-state index in [2.05, 4.69) is 0 Å². The van der Waals surface area contributed by atoms with Crippen LogP contribution in [-0.2, 0) is 0 Å². The van der Waals surface area contributed by atoms with E-state index in [0.29, 0.717) is 22.8 Å². The second kappa shape index (κ2) is 7.00. The van der Waals surface area contributed by atoms with Crippen molar-refractivity contribution in [2.45, 2.75) is 0 Å². The predicted octanol–water partition coefficient (Wildman–Crippen LogP) is 4.67. The summed E-state index contributed by atoms with van der Waals surface area (Å²) in [6.45, 7) is 0. The van der Waals surface area contributed by atoms with Gasteiger partial charge in [-0.2, -0.15) is 0 Å². The molecule has 0 saturated carbocycles. The van der Waals surface area contributed by atoms with Crippen LogP contribution in [0.3, 0.4) is 0 Å². The fourth-order valence-corrected chi connectivity index (χ4v) is 2.93. The summed E-state index contributed by atoms with van der Waals surface area (Å²) in [7, 11) is 1.29. The van der Waals surface area contributed by atoms with Crippen molar-refractivity contribution in [3.05, 3.63) is 77.0 Å². The summed E-state index contributed by atoms with van der Waals surface area (Å²) in [5.74, 6) is 0.706. The van der Waals surface area contributed by atoms with E-state index in [9.17, 15) is 15.0 Å². The lowest BCUT2D eigenvalue weighted by atomic mass is 10.1. The molecule has 0 aliphatic heterocycles. The summed E-state index contributed by atoms with van der Waals surface area (Å²) in [5, 5.41) is 20.1. The summed E-state index contributed by atoms with van der Waals surface area (Å²) in [6, 6.07) is 18.9. The van der Waals surface area contributed by atoms with Gasteiger partial charge in [0.1, 0.15) is 28.2 Å². The van der Waals surface area contributed by atoms with E-state index in [1.807, 2.05) is 30.3 Å². The normalized spacial score (nSPS) is 10.8. The van der Waals surface area contributed by atoms with E-state index in [1.54, 1.807) is 24.3 Å². The summed E-state index contributed by atoms with van der Waals surface area (Å²) in [4.78, 5) is 12.5. The molecule has 0 aliphatic carbocycles. The zero-order valence-electron chi connectivity index (χ0n) is 14.9. The Balaban J connectivity index is 1.72. The number of hydrogen-bond donors (Lipinski definition) is 2. The van der Waals surface area contributed by atoms with E-state index >= 15 is 0 Å². The van der Waals surface area contributed by atoms with Gasteiger partial charge in [0, 0.05) is 17.7 Å². The Morgan fingerprint density at radius 3 is 2.25 bits per heavy atom. The highest BCUT2D eigenvalue weighted by atomic mass is 16.5. The zero-order valence-corrected chi connectivity index (χ0v) is 14.9. The van der Waals surface area contributed by atoms with Crippen molar-refractivity contribution in [2.75, 3.05) is 7.11 Å². The smallest absolute Gasteiger partial charge is 0.203 e. The molecule has 4 rings (SSSR count). The molecule has 0 bridgehead atoms. The molecule has 0 unspecified atom stereocenters. The maximum absolute atomic E-state index is 12.5. The first-order valence-electron chi connectivity index (χ1n) is 8.47. The first kappa shape index (κ1) is 17.5. The van der Waals surface area contributed by atoms with Crippen LogP contribution in [0.25, 0.3) is 22.3 Å². The molecular formula is C22H16O6. The highest BCUT2D eigenvalue weighted by molar-refractivity contribution is 5.89. The molecule has 0 fully saturated rings. The lowest BCUT2D eigenvalue weighted by Gasteiger charge is -2.10. The van der Waals surface area contributed by atoms with Gasteiger partial charge in [-0.05, 0) is 36.4 Å². The number of hydrogen-bond acceptors (Lipinski definition) is 6. The van der Waals surface area contributed by atoms with Gasteiger partial charge in [0.15, 0.2) is 16.9 Å². The highest BCUT2D eigenvalue weighted by Gasteiger charge is 2.18. The van der Waals surface area contributed by atoms with Crippen LogP contribution in [0.5, 0.6) is 28.7 Å². The Morgan fingerprint density at radius 1 is 0.893 bits per heavy atom. The SMILES string of the molecule is COc1c(O)cc2oc(-c3ccc(Oc4ccccc4)cc3)cc(=O)c2c1O. The Bertz CT molecular complexity index is 1190. The molecule has 28 heavy (non-hydrogen) atoms. The van der Waals surface area contributed by atoms with Crippen LogP contribution in [0.4, 0.5) is 0 Å². The van der Waals surface area contributed by atoms with E-state index in [-0.39, 0.29) is 22.5 Å². The van der Waals surface area contributed by atoms with Crippen LogP contribution in [0.15, 0.2) is 75.9 Å². The average Bonchev–Trinajstić information content (AvgIpc) is 2.69. The third kappa shape index (κ3) is 3.12. The van der Waals surface area contributed by atoms with Crippen molar-refractivity contribution >= 4 is 11.0 Å². The molecule has 0 radical (unpaired) electrons. The molecule has 0 amide bonds. The van der Waals surface area contributed by atoms with Gasteiger partial charge in [0.25, 0.3) is 0 Å². The van der Waals surface area contributed by atoms with Crippen LogP contribution in [0.2, 0.25) is 0 Å². The van der Waals surface area contributed by atoms with Crippen LogP contribution in [-0.4, -0.2) is 17.3 Å². The third-order valence-corrected chi connectivity index (χ3v) is 4.25. The number of phenols is 2. The molecule has 0 atom stereocenters. The standard InChI is InChI=1S/C22H16O6/c1-26-22-17(24)12-19-20(21(22)25)16(23)11-18(28-19)13-7-9-15(10-8-13)27-14-5-3-2-4-6-14/h2-12,24-25H,1H3. The minimum absolute atomic E-state index is 0.0533. The van der Waals surface area contributed by atoms with Crippen molar-refractivity contribution < 1.29 is 24.1 Å². The van der Waals surface area contributed by atoms with E-state index < -0.39 is 11.2 Å². The first-order valence-corrected chi connectivity index (χ1v) is 8.47. The number of rotatable bonds is 4. The molecule has 3 aromatic carbocycles. The lowest BCUT2D eigenvalue weighted by molar-refractivity contribution is 0.346. The third-order valence-electron chi connectivity index (χ3n) is 4.25. The van der Waals surface area contributed by atoms with Gasteiger partial charge in [-0.1, -0.05) is 18.2 Å². The van der Waals surface area contributed by atoms with Crippen LogP contribution < -0.4 is 14.9 Å². The van der Waals surface area contributed by atoms with E-state index in [0.717, 1.165) is 0 Å². The lowest BCUT2D eigenvalue weighted by Crippen LogP contribution is -2.02. The Morgan fingerprint density at radius 2 is 1.57 bits per heavy atom. The zero-order chi connectivity index (χ0) is 19.7. The van der Waals surface area contributed by atoms with Gasteiger partial charge < -0.3 is 24.1 Å². The number of ether oxygens (including phenoxy) is 2. The van der Waals surface area contributed by atoms with Crippen molar-refractivity contribution in [2.24, 2.45) is 0 Å². The van der Waals surface area contributed by atoms with Gasteiger partial charge >= 0.3 is 0 Å². The van der Waals surface area contributed by atoms with Gasteiger partial charge in [-0.15, -0.1) is 0 Å². The number of aromatic hydroxyl groups is 2. The summed E-state index contributed by atoms with van der Waals surface area (Å²) < 4.78 is 16.4. The van der Waals surface area contributed by atoms with Crippen molar-refractivity contribution in [1.29, 1.82) is 0 Å². The number of phenolic OH excluding ortho intramolecular Hbond substituents is 2. The monoisotopic (exact) mass is 376 g/mol. The molecule has 1 aromatic heterocycles. The number of methoxy groups -OCH3 is 1. The number of fused-ring (bicyclic) bond motifs is 1. The number of benzene rings is 3. The molecule has 0 aliphatic rings. The van der Waals surface area contributed by atoms with Gasteiger partial charge in [0.05, 0.1) is 7.11 Å². The predicted molar refractivity (Wildman–Crippen MR) is 104 cm³/mol. The Hall–Kier alpha value is -3.93. The molecule has 6 heteroatoms. The van der Waals surface area contributed by atoms with Gasteiger partial charge in [-0.3, -0.25) is 4.79 Å². The van der Waals surface area contributed by atoms with E-state index in [1.165, 1.54) is 19.2 Å². The van der Waals surface area contributed by atoms with Crippen molar-refractivity contribution in [1.82, 2.24) is 0 Å². The molecule has 2 N–H and O–H groups in total. The molecule has 4 aromatic rings. The molecule has 0 saturated heterocycles. The van der Waals surface area contributed by atoms with Crippen molar-refractivity contribution in [3.63, 3.8) is 0 Å². The maximum atomic E-state index is 12.5. The summed E-state index contributed by atoms with van der Waals surface area (Å²) in [6.07, 6.45) is 0. The molecule has 6 nitrogen and oxygen atoms in total. The minimum atomic E-state index is -0.454. The number of para-hydroxylation sites is 1. The van der Waals surface area contributed by atoms with Crippen LogP contribution in [0, 0.1) is 0 Å². The quantitative estimate of drug-likeness (QED) is 0.538. The first-order chi connectivity index (χ1) is 13.6. The molecule has 0 spiro atoms. The maximum Gasteiger partial charge on any atom is 0.203 e. The average molecular weight is 376 g/mol. The fourth-order valence-electron chi connectivity index (χ4n) is 2.93. The molecule has 140 valence electrons. The largest absolute Gasteiger partial charge is 0.504 e. The minimum Gasteiger partial charge on any atom is -0.504 e. The summed E-state index contributed by atoms with van der Waals surface area (Å²) in [5.41, 5.74) is 0.258. The van der Waals surface area contributed by atoms with Crippen molar-refractivity contribution in [3.8, 4) is 40.1 Å². The van der Waals surface area contributed by atoms with Crippen LogP contribution in [0.1, 0.15) is 0 Å². The topological polar surface area (TPSA) is 89.1 Å².